The topological polar surface area (TPSA) is 72.2 Å². The maximum Gasteiger partial charge on any atom is 0.416 e. The van der Waals surface area contributed by atoms with Gasteiger partial charge in [-0.05, 0) is 36.5 Å². The van der Waals surface area contributed by atoms with Crippen LogP contribution in [0.1, 0.15) is 17.5 Å². The van der Waals surface area contributed by atoms with E-state index in [0.29, 0.717) is 18.4 Å². The van der Waals surface area contributed by atoms with Crippen molar-refractivity contribution in [3.05, 3.63) is 35.4 Å². The van der Waals surface area contributed by atoms with E-state index in [2.05, 4.69) is 5.43 Å². The summed E-state index contributed by atoms with van der Waals surface area (Å²) in [7, 11) is -3.01. The summed E-state index contributed by atoms with van der Waals surface area (Å²) in [5.41, 5.74) is 2.58. The van der Waals surface area contributed by atoms with Crippen LogP contribution < -0.4 is 11.3 Å². The molecular weight excluding hydrogens is 305 g/mol. The summed E-state index contributed by atoms with van der Waals surface area (Å²) in [6, 6.07) is 4.58. The van der Waals surface area contributed by atoms with Gasteiger partial charge in [0.1, 0.15) is 0 Å². The van der Waals surface area contributed by atoms with Crippen LogP contribution in [0.15, 0.2) is 24.3 Å². The molecule has 1 heterocycles. The fourth-order valence-electron chi connectivity index (χ4n) is 2.59. The fourth-order valence-corrected chi connectivity index (χ4v) is 4.47. The molecule has 21 heavy (non-hydrogen) atoms. The minimum Gasteiger partial charge on any atom is -0.271 e. The Hall–Kier alpha value is -1.12. The summed E-state index contributed by atoms with van der Waals surface area (Å²) in [5, 5.41) is 0. The average Bonchev–Trinajstić information content (AvgIpc) is 2.75. The van der Waals surface area contributed by atoms with Crippen molar-refractivity contribution in [1.82, 2.24) is 5.43 Å². The third-order valence-electron chi connectivity index (χ3n) is 3.79. The fraction of sp³-hybridized carbons (Fsp3) is 0.538. The SMILES string of the molecule is NNC(Cc1ccc(C(F)(F)F)cc1)C1CCS(=O)(=O)C1. The van der Waals surface area contributed by atoms with E-state index in [-0.39, 0.29) is 23.5 Å². The summed E-state index contributed by atoms with van der Waals surface area (Å²) in [6.45, 7) is 0. The number of nitrogens with two attached hydrogens (primary N) is 1. The Morgan fingerprint density at radius 2 is 1.90 bits per heavy atom. The predicted molar refractivity (Wildman–Crippen MR) is 73.0 cm³/mol. The highest BCUT2D eigenvalue weighted by molar-refractivity contribution is 7.91. The monoisotopic (exact) mass is 322 g/mol. The van der Waals surface area contributed by atoms with E-state index in [1.165, 1.54) is 12.1 Å². The van der Waals surface area contributed by atoms with Crippen molar-refractivity contribution in [2.24, 2.45) is 11.8 Å². The zero-order valence-corrected chi connectivity index (χ0v) is 12.0. The van der Waals surface area contributed by atoms with Crippen LogP contribution in [0, 0.1) is 5.92 Å². The molecule has 1 aliphatic heterocycles. The van der Waals surface area contributed by atoms with Crippen LogP contribution >= 0.6 is 0 Å². The third kappa shape index (κ3) is 4.18. The summed E-state index contributed by atoms with van der Waals surface area (Å²) >= 11 is 0. The molecule has 3 N–H and O–H groups in total. The van der Waals surface area contributed by atoms with Gasteiger partial charge in [-0.1, -0.05) is 12.1 Å². The van der Waals surface area contributed by atoms with E-state index in [1.807, 2.05) is 0 Å². The number of hydrogen-bond donors (Lipinski definition) is 2. The van der Waals surface area contributed by atoms with Crippen molar-refractivity contribution in [1.29, 1.82) is 0 Å². The smallest absolute Gasteiger partial charge is 0.271 e. The first kappa shape index (κ1) is 16.3. The van der Waals surface area contributed by atoms with Gasteiger partial charge in [0.05, 0.1) is 17.1 Å². The number of rotatable bonds is 4. The van der Waals surface area contributed by atoms with Gasteiger partial charge in [0.15, 0.2) is 9.84 Å². The summed E-state index contributed by atoms with van der Waals surface area (Å²) in [5.74, 6) is 5.57. The number of hydrogen-bond acceptors (Lipinski definition) is 4. The quantitative estimate of drug-likeness (QED) is 0.651. The number of hydrazine groups is 1. The molecule has 8 heteroatoms. The number of alkyl halides is 3. The van der Waals surface area contributed by atoms with Gasteiger partial charge < -0.3 is 0 Å². The van der Waals surface area contributed by atoms with Crippen molar-refractivity contribution < 1.29 is 21.6 Å². The molecule has 1 aromatic rings. The van der Waals surface area contributed by atoms with Gasteiger partial charge in [0.2, 0.25) is 0 Å². The molecule has 0 spiro atoms. The Labute approximate surface area is 121 Å². The normalized spacial score (nSPS) is 23.1. The summed E-state index contributed by atoms with van der Waals surface area (Å²) in [4.78, 5) is 0. The maximum absolute atomic E-state index is 12.5. The molecule has 0 radical (unpaired) electrons. The van der Waals surface area contributed by atoms with Gasteiger partial charge in [-0.15, -0.1) is 0 Å². The Morgan fingerprint density at radius 3 is 2.33 bits per heavy atom. The van der Waals surface area contributed by atoms with Crippen molar-refractivity contribution in [3.8, 4) is 0 Å². The molecule has 1 fully saturated rings. The van der Waals surface area contributed by atoms with Crippen LogP contribution in [0.2, 0.25) is 0 Å². The van der Waals surface area contributed by atoms with Gasteiger partial charge in [0, 0.05) is 6.04 Å². The van der Waals surface area contributed by atoms with Crippen molar-refractivity contribution >= 4 is 9.84 Å². The Morgan fingerprint density at radius 1 is 1.29 bits per heavy atom. The third-order valence-corrected chi connectivity index (χ3v) is 5.58. The van der Waals surface area contributed by atoms with E-state index in [1.54, 1.807) is 0 Å². The van der Waals surface area contributed by atoms with E-state index in [9.17, 15) is 21.6 Å². The number of halogens is 3. The molecule has 2 unspecified atom stereocenters. The zero-order chi connectivity index (χ0) is 15.7. The first-order valence-electron chi connectivity index (χ1n) is 6.54. The zero-order valence-electron chi connectivity index (χ0n) is 11.2. The molecule has 4 nitrogen and oxygen atoms in total. The number of sulfone groups is 1. The maximum atomic E-state index is 12.5. The van der Waals surface area contributed by atoms with Crippen LogP contribution in [0.4, 0.5) is 13.2 Å². The van der Waals surface area contributed by atoms with Crippen LogP contribution in [0.5, 0.6) is 0 Å². The molecule has 2 atom stereocenters. The highest BCUT2D eigenvalue weighted by Gasteiger charge is 2.33. The molecule has 0 saturated carbocycles. The van der Waals surface area contributed by atoms with Crippen molar-refractivity contribution in [2.75, 3.05) is 11.5 Å². The largest absolute Gasteiger partial charge is 0.416 e. The first-order valence-corrected chi connectivity index (χ1v) is 8.36. The van der Waals surface area contributed by atoms with Gasteiger partial charge in [0.25, 0.3) is 0 Å². The second-order valence-corrected chi connectivity index (χ2v) is 7.56. The van der Waals surface area contributed by atoms with E-state index in [4.69, 9.17) is 5.84 Å². The lowest BCUT2D eigenvalue weighted by Crippen LogP contribution is -2.43. The van der Waals surface area contributed by atoms with Crippen molar-refractivity contribution in [3.63, 3.8) is 0 Å². The second-order valence-electron chi connectivity index (χ2n) is 5.34. The molecular formula is C13H17F3N2O2S. The van der Waals surface area contributed by atoms with Gasteiger partial charge in [-0.25, -0.2) is 8.42 Å². The minimum atomic E-state index is -4.36. The molecule has 0 aliphatic carbocycles. The lowest BCUT2D eigenvalue weighted by atomic mass is 9.93. The molecule has 2 rings (SSSR count). The highest BCUT2D eigenvalue weighted by atomic mass is 32.2. The molecule has 1 saturated heterocycles. The van der Waals surface area contributed by atoms with E-state index < -0.39 is 21.6 Å². The van der Waals surface area contributed by atoms with E-state index >= 15 is 0 Å². The molecule has 1 aliphatic rings. The average molecular weight is 322 g/mol. The Bertz CT molecular complexity index is 584. The molecule has 118 valence electrons. The lowest BCUT2D eigenvalue weighted by Gasteiger charge is -2.21. The Kier molecular flexibility index (Phi) is 4.60. The van der Waals surface area contributed by atoms with Gasteiger partial charge in [-0.2, -0.15) is 13.2 Å². The predicted octanol–water partition coefficient (Wildman–Crippen LogP) is 1.51. The molecule has 0 aromatic heterocycles. The van der Waals surface area contributed by atoms with Crippen LogP contribution in [0.25, 0.3) is 0 Å². The second kappa shape index (κ2) is 5.94. The summed E-state index contributed by atoms with van der Waals surface area (Å²) in [6.07, 6.45) is -3.43. The Balaban J connectivity index is 2.06. The molecule has 0 amide bonds. The van der Waals surface area contributed by atoms with Gasteiger partial charge >= 0.3 is 6.18 Å². The van der Waals surface area contributed by atoms with E-state index in [0.717, 1.165) is 12.1 Å². The standard InChI is InChI=1S/C13H17F3N2O2S/c14-13(15,16)11-3-1-9(2-4-11)7-12(18-17)10-5-6-21(19,20)8-10/h1-4,10,12,18H,5-8,17H2. The molecule has 0 bridgehead atoms. The van der Waals surface area contributed by atoms with Crippen LogP contribution in [0.3, 0.4) is 0 Å². The summed E-state index contributed by atoms with van der Waals surface area (Å²) < 4.78 is 60.4. The highest BCUT2D eigenvalue weighted by Crippen LogP contribution is 2.30. The number of benzene rings is 1. The lowest BCUT2D eigenvalue weighted by molar-refractivity contribution is -0.137. The van der Waals surface area contributed by atoms with Crippen molar-refractivity contribution in [2.45, 2.75) is 25.1 Å². The van der Waals surface area contributed by atoms with Gasteiger partial charge in [-0.3, -0.25) is 11.3 Å². The van der Waals surface area contributed by atoms with Crippen LogP contribution in [-0.2, 0) is 22.4 Å². The minimum absolute atomic E-state index is 0.0719. The first-order chi connectivity index (χ1) is 9.71. The van der Waals surface area contributed by atoms with Crippen LogP contribution in [-0.4, -0.2) is 26.0 Å². The number of nitrogens with one attached hydrogen (secondary N) is 1. The molecule has 1 aromatic carbocycles.